The number of aliphatic imine (C=N–C) groups is 1. The Kier molecular flexibility index (Phi) is 8.45. The molecule has 1 amide bonds. The SMILES string of the molecule is CN=C(NCCNC(=O)c1cccnc1)NCc1ccc(C)cc1OCC(F)(F)F. The quantitative estimate of drug-likeness (QED) is 0.345. The van der Waals surface area contributed by atoms with Gasteiger partial charge in [-0.3, -0.25) is 14.8 Å². The van der Waals surface area contributed by atoms with Crippen molar-refractivity contribution >= 4 is 11.9 Å². The standard InChI is InChI=1S/C20H24F3N5O2/c1-14-5-6-15(17(10-14)30-13-20(21,22)23)12-28-19(24-2)27-9-8-26-18(29)16-4-3-7-25-11-16/h3-7,10-11H,8-9,12-13H2,1-2H3,(H,26,29)(H2,24,27,28). The van der Waals surface area contributed by atoms with Crippen molar-refractivity contribution in [1.82, 2.24) is 20.9 Å². The van der Waals surface area contributed by atoms with E-state index in [2.05, 4.69) is 25.9 Å². The molecule has 0 bridgehead atoms. The third-order valence-electron chi connectivity index (χ3n) is 3.91. The lowest BCUT2D eigenvalue weighted by Gasteiger charge is -2.16. The second kappa shape index (κ2) is 11.0. The van der Waals surface area contributed by atoms with E-state index >= 15 is 0 Å². The second-order valence-electron chi connectivity index (χ2n) is 6.37. The monoisotopic (exact) mass is 423 g/mol. The van der Waals surface area contributed by atoms with Crippen LogP contribution in [0.25, 0.3) is 0 Å². The maximum Gasteiger partial charge on any atom is 0.422 e. The Morgan fingerprint density at radius 3 is 2.60 bits per heavy atom. The maximum absolute atomic E-state index is 12.5. The van der Waals surface area contributed by atoms with Gasteiger partial charge in [-0.2, -0.15) is 13.2 Å². The number of aryl methyl sites for hydroxylation is 1. The van der Waals surface area contributed by atoms with Crippen LogP contribution in [0.3, 0.4) is 0 Å². The molecule has 0 aliphatic carbocycles. The second-order valence-corrected chi connectivity index (χ2v) is 6.37. The summed E-state index contributed by atoms with van der Waals surface area (Å²) in [6.07, 6.45) is -1.35. The largest absolute Gasteiger partial charge is 0.484 e. The molecule has 0 spiro atoms. The number of nitrogens with one attached hydrogen (secondary N) is 3. The normalized spacial score (nSPS) is 11.7. The van der Waals surface area contributed by atoms with Gasteiger partial charge in [0, 0.05) is 44.6 Å². The van der Waals surface area contributed by atoms with E-state index in [-0.39, 0.29) is 18.2 Å². The van der Waals surface area contributed by atoms with Crippen LogP contribution < -0.4 is 20.7 Å². The lowest BCUT2D eigenvalue weighted by molar-refractivity contribution is -0.153. The highest BCUT2D eigenvalue weighted by Gasteiger charge is 2.28. The van der Waals surface area contributed by atoms with E-state index in [4.69, 9.17) is 4.74 Å². The number of hydrogen-bond acceptors (Lipinski definition) is 4. The Morgan fingerprint density at radius 2 is 1.93 bits per heavy atom. The molecule has 0 atom stereocenters. The van der Waals surface area contributed by atoms with Crippen molar-refractivity contribution in [2.45, 2.75) is 19.6 Å². The van der Waals surface area contributed by atoms with Crippen molar-refractivity contribution in [1.29, 1.82) is 0 Å². The maximum atomic E-state index is 12.5. The van der Waals surface area contributed by atoms with E-state index in [0.717, 1.165) is 5.56 Å². The van der Waals surface area contributed by atoms with E-state index in [1.54, 1.807) is 50.5 Å². The van der Waals surface area contributed by atoms with E-state index in [0.29, 0.717) is 30.2 Å². The summed E-state index contributed by atoms with van der Waals surface area (Å²) in [6, 6.07) is 8.40. The summed E-state index contributed by atoms with van der Waals surface area (Å²) in [4.78, 5) is 19.9. The molecular weight excluding hydrogens is 399 g/mol. The molecule has 1 aromatic heterocycles. The topological polar surface area (TPSA) is 87.6 Å². The Bertz CT molecular complexity index is 857. The fraction of sp³-hybridized carbons (Fsp3) is 0.350. The van der Waals surface area contributed by atoms with Crippen LogP contribution in [-0.4, -0.2) is 49.8 Å². The number of alkyl halides is 3. The van der Waals surface area contributed by atoms with E-state index in [1.807, 2.05) is 0 Å². The molecule has 3 N–H and O–H groups in total. The van der Waals surface area contributed by atoms with Crippen LogP contribution in [0.1, 0.15) is 21.5 Å². The average molecular weight is 423 g/mol. The molecule has 7 nitrogen and oxygen atoms in total. The molecule has 0 fully saturated rings. The molecule has 30 heavy (non-hydrogen) atoms. The summed E-state index contributed by atoms with van der Waals surface area (Å²) in [5, 5.41) is 8.79. The third-order valence-corrected chi connectivity index (χ3v) is 3.91. The lowest BCUT2D eigenvalue weighted by Crippen LogP contribution is -2.41. The van der Waals surface area contributed by atoms with Crippen molar-refractivity contribution in [2.75, 3.05) is 26.7 Å². The minimum absolute atomic E-state index is 0.166. The summed E-state index contributed by atoms with van der Waals surface area (Å²) in [7, 11) is 1.57. The predicted molar refractivity (Wildman–Crippen MR) is 108 cm³/mol. The zero-order valence-electron chi connectivity index (χ0n) is 16.7. The van der Waals surface area contributed by atoms with Gasteiger partial charge >= 0.3 is 6.18 Å². The van der Waals surface area contributed by atoms with Crippen LogP contribution >= 0.6 is 0 Å². The van der Waals surface area contributed by atoms with Gasteiger partial charge < -0.3 is 20.7 Å². The smallest absolute Gasteiger partial charge is 0.422 e. The number of guanidine groups is 1. The van der Waals surface area contributed by atoms with E-state index < -0.39 is 12.8 Å². The number of carbonyl (C=O) groups excluding carboxylic acids is 1. The Hall–Kier alpha value is -3.30. The summed E-state index contributed by atoms with van der Waals surface area (Å²) in [5.74, 6) is 0.367. The number of rotatable bonds is 8. The molecule has 2 rings (SSSR count). The Labute approximate surface area is 172 Å². The van der Waals surface area contributed by atoms with Gasteiger partial charge in [0.2, 0.25) is 0 Å². The number of nitrogens with zero attached hydrogens (tertiary/aromatic N) is 2. The van der Waals surface area contributed by atoms with Crippen LogP contribution in [0.15, 0.2) is 47.7 Å². The zero-order chi connectivity index (χ0) is 22.0. The van der Waals surface area contributed by atoms with Crippen LogP contribution in [-0.2, 0) is 6.54 Å². The van der Waals surface area contributed by atoms with Gasteiger partial charge in [-0.05, 0) is 30.7 Å². The van der Waals surface area contributed by atoms with Crippen molar-refractivity contribution in [3.05, 3.63) is 59.4 Å². The minimum Gasteiger partial charge on any atom is -0.484 e. The van der Waals surface area contributed by atoms with Crippen LogP contribution in [0.4, 0.5) is 13.2 Å². The number of amides is 1. The number of pyridine rings is 1. The first-order valence-corrected chi connectivity index (χ1v) is 9.20. The fourth-order valence-electron chi connectivity index (χ4n) is 2.46. The average Bonchev–Trinajstić information content (AvgIpc) is 2.72. The van der Waals surface area contributed by atoms with Crippen molar-refractivity contribution < 1.29 is 22.7 Å². The highest BCUT2D eigenvalue weighted by Crippen LogP contribution is 2.23. The van der Waals surface area contributed by atoms with Gasteiger partial charge in [-0.15, -0.1) is 0 Å². The molecule has 0 radical (unpaired) electrons. The Balaban J connectivity index is 1.82. The third kappa shape index (κ3) is 7.98. The summed E-state index contributed by atoms with van der Waals surface area (Å²) < 4.78 is 42.4. The first-order valence-electron chi connectivity index (χ1n) is 9.20. The molecule has 1 heterocycles. The molecule has 0 saturated heterocycles. The fourth-order valence-corrected chi connectivity index (χ4v) is 2.46. The number of aromatic nitrogens is 1. The summed E-state index contributed by atoms with van der Waals surface area (Å²) in [6.45, 7) is 1.39. The van der Waals surface area contributed by atoms with Gasteiger partial charge in [0.15, 0.2) is 12.6 Å². The number of benzene rings is 1. The highest BCUT2D eigenvalue weighted by molar-refractivity contribution is 5.93. The van der Waals surface area contributed by atoms with Crippen molar-refractivity contribution in [2.24, 2.45) is 4.99 Å². The molecule has 0 unspecified atom stereocenters. The van der Waals surface area contributed by atoms with Crippen molar-refractivity contribution in [3.63, 3.8) is 0 Å². The lowest BCUT2D eigenvalue weighted by atomic mass is 10.1. The van der Waals surface area contributed by atoms with Crippen LogP contribution in [0.5, 0.6) is 5.75 Å². The van der Waals surface area contributed by atoms with Gasteiger partial charge in [0.1, 0.15) is 5.75 Å². The summed E-state index contributed by atoms with van der Waals surface area (Å²) in [5.41, 5.74) is 1.83. The molecule has 2 aromatic rings. The van der Waals surface area contributed by atoms with Gasteiger partial charge in [0.25, 0.3) is 5.91 Å². The summed E-state index contributed by atoms with van der Waals surface area (Å²) >= 11 is 0. The zero-order valence-corrected chi connectivity index (χ0v) is 16.7. The minimum atomic E-state index is -4.41. The number of halogens is 3. The molecule has 0 saturated carbocycles. The first kappa shape index (κ1) is 23.0. The predicted octanol–water partition coefficient (Wildman–Crippen LogP) is 2.43. The molecule has 1 aromatic carbocycles. The van der Waals surface area contributed by atoms with Gasteiger partial charge in [0.05, 0.1) is 5.56 Å². The van der Waals surface area contributed by atoms with E-state index in [9.17, 15) is 18.0 Å². The van der Waals surface area contributed by atoms with Crippen molar-refractivity contribution in [3.8, 4) is 5.75 Å². The highest BCUT2D eigenvalue weighted by atomic mass is 19.4. The van der Waals surface area contributed by atoms with Crippen LogP contribution in [0, 0.1) is 6.92 Å². The van der Waals surface area contributed by atoms with Gasteiger partial charge in [-0.1, -0.05) is 12.1 Å². The van der Waals surface area contributed by atoms with E-state index in [1.165, 1.54) is 6.20 Å². The van der Waals surface area contributed by atoms with Gasteiger partial charge in [-0.25, -0.2) is 0 Å². The van der Waals surface area contributed by atoms with Crippen LogP contribution in [0.2, 0.25) is 0 Å². The Morgan fingerprint density at radius 1 is 1.17 bits per heavy atom. The molecule has 0 aliphatic rings. The molecule has 10 heteroatoms. The molecule has 0 aliphatic heterocycles. The number of ether oxygens (including phenoxy) is 1. The number of carbonyl (C=O) groups is 1. The number of hydrogen-bond donors (Lipinski definition) is 3. The first-order chi connectivity index (χ1) is 14.3. The molecular formula is C20H24F3N5O2. The molecule has 162 valence electrons.